The number of amides is 1. The summed E-state index contributed by atoms with van der Waals surface area (Å²) in [6.45, 7) is 2.23. The number of pyridine rings is 1. The van der Waals surface area contributed by atoms with E-state index in [2.05, 4.69) is 16.0 Å². The highest BCUT2D eigenvalue weighted by Crippen LogP contribution is 2.24. The maximum atomic E-state index is 13.6. The molecule has 34 heavy (non-hydrogen) atoms. The van der Waals surface area contributed by atoms with Crippen molar-refractivity contribution >= 4 is 17.4 Å². The van der Waals surface area contributed by atoms with Crippen molar-refractivity contribution in [2.75, 3.05) is 17.2 Å². The lowest BCUT2D eigenvalue weighted by Crippen LogP contribution is -2.42. The lowest BCUT2D eigenvalue weighted by atomic mass is 9.97. The van der Waals surface area contributed by atoms with E-state index in [4.69, 9.17) is 5.73 Å². The van der Waals surface area contributed by atoms with E-state index in [0.29, 0.717) is 12.1 Å². The molecule has 0 radical (unpaired) electrons. The molecule has 0 bridgehead atoms. The summed E-state index contributed by atoms with van der Waals surface area (Å²) >= 11 is 0. The zero-order valence-electron chi connectivity index (χ0n) is 19.3. The first-order valence-corrected chi connectivity index (χ1v) is 11.5. The van der Waals surface area contributed by atoms with Gasteiger partial charge >= 0.3 is 5.69 Å². The van der Waals surface area contributed by atoms with E-state index in [0.717, 1.165) is 31.2 Å². The van der Waals surface area contributed by atoms with E-state index in [1.807, 2.05) is 30.3 Å². The maximum Gasteiger partial charge on any atom is 0.330 e. The van der Waals surface area contributed by atoms with Crippen molar-refractivity contribution in [3.05, 3.63) is 98.0 Å². The number of aromatic amines is 1. The normalized spacial score (nSPS) is 13.4. The summed E-state index contributed by atoms with van der Waals surface area (Å²) in [5.41, 5.74) is 8.08. The Balaban J connectivity index is 1.77. The SMILES string of the molecule is Cc1cccc(C(=O)N(CCC2=CCCCC2)c2c(N)n(Cc3ccccc3)c(=O)[nH]c2=O)n1. The molecule has 8 nitrogen and oxygen atoms in total. The molecule has 0 saturated heterocycles. The van der Waals surface area contributed by atoms with Gasteiger partial charge in [-0.05, 0) is 56.7 Å². The lowest BCUT2D eigenvalue weighted by molar-refractivity contribution is 0.0982. The second kappa shape index (κ2) is 10.3. The smallest absolute Gasteiger partial charge is 0.330 e. The number of rotatable bonds is 7. The van der Waals surface area contributed by atoms with Gasteiger partial charge in [-0.15, -0.1) is 0 Å². The van der Waals surface area contributed by atoms with Gasteiger partial charge < -0.3 is 5.73 Å². The molecular formula is C26H29N5O3. The second-order valence-corrected chi connectivity index (χ2v) is 8.54. The number of hydrogen-bond donors (Lipinski definition) is 2. The number of aryl methyl sites for hydroxylation is 1. The van der Waals surface area contributed by atoms with Crippen molar-refractivity contribution in [3.8, 4) is 0 Å². The third-order valence-corrected chi connectivity index (χ3v) is 6.06. The number of allylic oxidation sites excluding steroid dienone is 1. The van der Waals surface area contributed by atoms with Gasteiger partial charge in [-0.25, -0.2) is 9.78 Å². The van der Waals surface area contributed by atoms with Crippen LogP contribution in [0.15, 0.2) is 69.8 Å². The van der Waals surface area contributed by atoms with Crippen LogP contribution in [0.25, 0.3) is 0 Å². The van der Waals surface area contributed by atoms with Crippen molar-refractivity contribution in [1.29, 1.82) is 0 Å². The largest absolute Gasteiger partial charge is 0.383 e. The molecule has 0 fully saturated rings. The maximum absolute atomic E-state index is 13.6. The summed E-state index contributed by atoms with van der Waals surface area (Å²) in [4.78, 5) is 47.3. The number of hydrogen-bond acceptors (Lipinski definition) is 5. The van der Waals surface area contributed by atoms with Crippen LogP contribution >= 0.6 is 0 Å². The Hall–Kier alpha value is -3.94. The highest BCUT2D eigenvalue weighted by atomic mass is 16.2. The number of anilines is 2. The molecule has 3 aromatic rings. The second-order valence-electron chi connectivity index (χ2n) is 8.54. The van der Waals surface area contributed by atoms with Crippen LogP contribution in [0.1, 0.15) is 53.8 Å². The average molecular weight is 460 g/mol. The fourth-order valence-corrected chi connectivity index (χ4v) is 4.26. The van der Waals surface area contributed by atoms with Crippen molar-refractivity contribution < 1.29 is 4.79 Å². The van der Waals surface area contributed by atoms with E-state index in [1.165, 1.54) is 15.0 Å². The Morgan fingerprint density at radius 3 is 2.62 bits per heavy atom. The minimum absolute atomic E-state index is 0.0275. The van der Waals surface area contributed by atoms with Gasteiger partial charge in [0.25, 0.3) is 11.5 Å². The molecule has 176 valence electrons. The molecule has 3 N–H and O–H groups in total. The van der Waals surface area contributed by atoms with Crippen LogP contribution in [0.3, 0.4) is 0 Å². The molecule has 2 aromatic heterocycles. The fraction of sp³-hybridized carbons (Fsp3) is 0.308. The van der Waals surface area contributed by atoms with Gasteiger partial charge in [-0.1, -0.05) is 48.0 Å². The number of carbonyl (C=O) groups is 1. The number of H-pyrrole nitrogens is 1. The molecular weight excluding hydrogens is 430 g/mol. The Morgan fingerprint density at radius 1 is 1.12 bits per heavy atom. The standard InChI is InChI=1S/C26H29N5O3/c1-18-9-8-14-21(28-18)25(33)30(16-15-19-10-4-2-5-11-19)22-23(27)31(26(34)29-24(22)32)17-20-12-6-3-7-13-20/h3,6-10,12-14H,2,4-5,11,15-17,27H2,1H3,(H,29,32,34). The summed E-state index contributed by atoms with van der Waals surface area (Å²) in [7, 11) is 0. The molecule has 0 unspecified atom stereocenters. The quantitative estimate of drug-likeness (QED) is 0.526. The molecule has 1 amide bonds. The minimum atomic E-state index is -0.689. The molecule has 0 aliphatic heterocycles. The number of nitrogen functional groups attached to an aromatic ring is 1. The van der Waals surface area contributed by atoms with E-state index in [-0.39, 0.29) is 30.3 Å². The topological polar surface area (TPSA) is 114 Å². The monoisotopic (exact) mass is 459 g/mol. The summed E-state index contributed by atoms with van der Waals surface area (Å²) in [6.07, 6.45) is 7.10. The van der Waals surface area contributed by atoms with Gasteiger partial charge in [0.05, 0.1) is 6.54 Å². The highest BCUT2D eigenvalue weighted by Gasteiger charge is 2.26. The van der Waals surface area contributed by atoms with Crippen LogP contribution in [0.2, 0.25) is 0 Å². The number of nitrogens with two attached hydrogens (primary N) is 1. The molecule has 0 spiro atoms. The van der Waals surface area contributed by atoms with Crippen molar-refractivity contribution in [2.45, 2.75) is 45.6 Å². The summed E-state index contributed by atoms with van der Waals surface area (Å²) in [6, 6.07) is 14.5. The Bertz CT molecular complexity index is 1320. The third kappa shape index (κ3) is 5.17. The predicted octanol–water partition coefficient (Wildman–Crippen LogP) is 3.41. The fourth-order valence-electron chi connectivity index (χ4n) is 4.26. The zero-order chi connectivity index (χ0) is 24.1. The Kier molecular flexibility index (Phi) is 7.06. The van der Waals surface area contributed by atoms with Crippen LogP contribution in [0.4, 0.5) is 11.5 Å². The van der Waals surface area contributed by atoms with Crippen LogP contribution in [-0.4, -0.2) is 27.0 Å². The summed E-state index contributed by atoms with van der Waals surface area (Å²) in [5.74, 6) is -0.474. The van der Waals surface area contributed by atoms with Gasteiger partial charge in [0, 0.05) is 12.2 Å². The first kappa shape index (κ1) is 23.2. The van der Waals surface area contributed by atoms with Crippen LogP contribution in [0, 0.1) is 6.92 Å². The molecule has 8 heteroatoms. The minimum Gasteiger partial charge on any atom is -0.383 e. The molecule has 1 aliphatic rings. The van der Waals surface area contributed by atoms with E-state index in [9.17, 15) is 14.4 Å². The average Bonchev–Trinajstić information content (AvgIpc) is 2.84. The van der Waals surface area contributed by atoms with E-state index >= 15 is 0 Å². The van der Waals surface area contributed by atoms with E-state index in [1.54, 1.807) is 25.1 Å². The summed E-state index contributed by atoms with van der Waals surface area (Å²) < 4.78 is 1.29. The van der Waals surface area contributed by atoms with Crippen molar-refractivity contribution in [1.82, 2.24) is 14.5 Å². The number of carbonyl (C=O) groups excluding carboxylic acids is 1. The molecule has 1 aliphatic carbocycles. The molecule has 1 aromatic carbocycles. The van der Waals surface area contributed by atoms with Gasteiger partial charge in [0.15, 0.2) is 5.69 Å². The molecule has 2 heterocycles. The van der Waals surface area contributed by atoms with Gasteiger partial charge in [0.2, 0.25) is 0 Å². The molecule has 4 rings (SSSR count). The highest BCUT2D eigenvalue weighted by molar-refractivity contribution is 6.06. The van der Waals surface area contributed by atoms with Gasteiger partial charge in [-0.3, -0.25) is 24.0 Å². The first-order chi connectivity index (χ1) is 16.4. The van der Waals surface area contributed by atoms with Crippen molar-refractivity contribution in [2.24, 2.45) is 0 Å². The number of nitrogens with zero attached hydrogens (tertiary/aromatic N) is 3. The molecule has 0 saturated carbocycles. The predicted molar refractivity (Wildman–Crippen MR) is 133 cm³/mol. The number of nitrogens with one attached hydrogen (secondary N) is 1. The summed E-state index contributed by atoms with van der Waals surface area (Å²) in [5, 5.41) is 0. The number of aromatic nitrogens is 3. The third-order valence-electron chi connectivity index (χ3n) is 6.06. The lowest BCUT2D eigenvalue weighted by Gasteiger charge is -2.25. The zero-order valence-corrected chi connectivity index (χ0v) is 19.3. The molecule has 0 atom stereocenters. The van der Waals surface area contributed by atoms with Crippen LogP contribution < -0.4 is 21.9 Å². The van der Waals surface area contributed by atoms with Gasteiger partial charge in [0.1, 0.15) is 11.5 Å². The van der Waals surface area contributed by atoms with Crippen molar-refractivity contribution in [3.63, 3.8) is 0 Å². The first-order valence-electron chi connectivity index (χ1n) is 11.5. The Morgan fingerprint density at radius 2 is 1.91 bits per heavy atom. The Labute approximate surface area is 197 Å². The van der Waals surface area contributed by atoms with E-state index < -0.39 is 17.2 Å². The van der Waals surface area contributed by atoms with Crippen LogP contribution in [0.5, 0.6) is 0 Å². The number of benzene rings is 1. The van der Waals surface area contributed by atoms with Gasteiger partial charge in [-0.2, -0.15) is 0 Å². The van der Waals surface area contributed by atoms with Crippen LogP contribution in [-0.2, 0) is 6.54 Å².